The number of nitrogen functional groups attached to an aromatic ring is 1. The Bertz CT molecular complexity index is 515. The molecule has 0 aliphatic rings. The summed E-state index contributed by atoms with van der Waals surface area (Å²) in [6, 6.07) is 6.26. The lowest BCUT2D eigenvalue weighted by Crippen LogP contribution is -1.92. The summed E-state index contributed by atoms with van der Waals surface area (Å²) in [5.41, 5.74) is 10.3. The fourth-order valence-electron chi connectivity index (χ4n) is 1.94. The van der Waals surface area contributed by atoms with Crippen LogP contribution in [0.4, 0.5) is 5.82 Å². The number of benzene rings is 1. The monoisotopic (exact) mass is 216 g/mol. The van der Waals surface area contributed by atoms with Crippen LogP contribution < -0.4 is 5.73 Å². The van der Waals surface area contributed by atoms with Crippen LogP contribution >= 0.6 is 0 Å². The lowest BCUT2D eigenvalue weighted by molar-refractivity contribution is 0.435. The number of nitrogens with two attached hydrogens (primary N) is 1. The third kappa shape index (κ3) is 1.69. The van der Waals surface area contributed by atoms with E-state index < -0.39 is 0 Å². The fourth-order valence-corrected chi connectivity index (χ4v) is 1.94. The Morgan fingerprint density at radius 3 is 2.69 bits per heavy atom. The van der Waals surface area contributed by atoms with E-state index >= 15 is 0 Å². The van der Waals surface area contributed by atoms with Gasteiger partial charge in [0.2, 0.25) is 0 Å². The highest BCUT2D eigenvalue weighted by molar-refractivity contribution is 5.69. The molecule has 0 fully saturated rings. The molecule has 3 nitrogen and oxygen atoms in total. The van der Waals surface area contributed by atoms with Gasteiger partial charge in [0.15, 0.2) is 11.6 Å². The summed E-state index contributed by atoms with van der Waals surface area (Å²) < 4.78 is 5.32. The van der Waals surface area contributed by atoms with Crippen molar-refractivity contribution in [2.45, 2.75) is 27.2 Å². The van der Waals surface area contributed by atoms with Crippen LogP contribution in [0.25, 0.3) is 11.3 Å². The first-order valence-electron chi connectivity index (χ1n) is 5.45. The van der Waals surface area contributed by atoms with E-state index in [0.717, 1.165) is 23.3 Å². The molecule has 0 saturated carbocycles. The van der Waals surface area contributed by atoms with Gasteiger partial charge in [0.25, 0.3) is 0 Å². The molecule has 1 heterocycles. The molecule has 0 unspecified atom stereocenters. The zero-order chi connectivity index (χ0) is 11.7. The van der Waals surface area contributed by atoms with Crippen LogP contribution in [-0.2, 0) is 6.42 Å². The highest BCUT2D eigenvalue weighted by Gasteiger charge is 2.15. The summed E-state index contributed by atoms with van der Waals surface area (Å²) in [4.78, 5) is 0. The summed E-state index contributed by atoms with van der Waals surface area (Å²) in [6.45, 7) is 6.20. The van der Waals surface area contributed by atoms with Gasteiger partial charge in [0.05, 0.1) is 0 Å². The van der Waals surface area contributed by atoms with Crippen molar-refractivity contribution < 1.29 is 4.52 Å². The van der Waals surface area contributed by atoms with E-state index in [2.05, 4.69) is 44.1 Å². The fraction of sp³-hybridized carbons (Fsp3) is 0.308. The Morgan fingerprint density at radius 1 is 1.31 bits per heavy atom. The van der Waals surface area contributed by atoms with E-state index in [9.17, 15) is 0 Å². The molecule has 0 radical (unpaired) electrons. The molecule has 2 rings (SSSR count). The minimum atomic E-state index is 0.498. The van der Waals surface area contributed by atoms with Crippen LogP contribution in [0.5, 0.6) is 0 Å². The first kappa shape index (κ1) is 10.7. The second-order valence-electron chi connectivity index (χ2n) is 4.05. The molecule has 0 spiro atoms. The highest BCUT2D eigenvalue weighted by atomic mass is 16.5. The lowest BCUT2D eigenvalue weighted by Gasteiger charge is -2.04. The van der Waals surface area contributed by atoms with Crippen LogP contribution in [0.1, 0.15) is 23.6 Å². The zero-order valence-electron chi connectivity index (χ0n) is 9.87. The smallest absolute Gasteiger partial charge is 0.172 e. The quantitative estimate of drug-likeness (QED) is 0.839. The summed E-state index contributed by atoms with van der Waals surface area (Å²) in [6.07, 6.45) is 0.831. The van der Waals surface area contributed by atoms with E-state index in [1.54, 1.807) is 0 Å². The average Bonchev–Trinajstić information content (AvgIpc) is 2.59. The number of aromatic nitrogens is 1. The molecule has 0 saturated heterocycles. The molecule has 0 bridgehead atoms. The van der Waals surface area contributed by atoms with Gasteiger partial charge in [0.1, 0.15) is 0 Å². The maximum atomic E-state index is 5.76. The first-order valence-corrected chi connectivity index (χ1v) is 5.45. The van der Waals surface area contributed by atoms with Crippen molar-refractivity contribution in [2.24, 2.45) is 0 Å². The van der Waals surface area contributed by atoms with E-state index in [0.29, 0.717) is 5.82 Å². The van der Waals surface area contributed by atoms with Gasteiger partial charge >= 0.3 is 0 Å². The molecule has 0 aliphatic heterocycles. The van der Waals surface area contributed by atoms with Gasteiger partial charge in [-0.25, -0.2) is 0 Å². The van der Waals surface area contributed by atoms with Gasteiger partial charge in [-0.3, -0.25) is 0 Å². The molecule has 0 aliphatic carbocycles. The van der Waals surface area contributed by atoms with E-state index in [1.165, 1.54) is 11.1 Å². The molecular weight excluding hydrogens is 200 g/mol. The highest BCUT2D eigenvalue weighted by Crippen LogP contribution is 2.30. The Hall–Kier alpha value is -1.77. The van der Waals surface area contributed by atoms with Crippen LogP contribution in [0.3, 0.4) is 0 Å². The van der Waals surface area contributed by atoms with Gasteiger partial charge in [-0.1, -0.05) is 35.8 Å². The van der Waals surface area contributed by atoms with Crippen LogP contribution in [0.15, 0.2) is 22.7 Å². The van der Waals surface area contributed by atoms with Crippen molar-refractivity contribution >= 4 is 5.82 Å². The van der Waals surface area contributed by atoms with E-state index in [4.69, 9.17) is 10.3 Å². The molecule has 0 amide bonds. The van der Waals surface area contributed by atoms with Gasteiger partial charge in [0, 0.05) is 11.1 Å². The van der Waals surface area contributed by atoms with E-state index in [1.807, 2.05) is 0 Å². The number of hydrogen-bond acceptors (Lipinski definition) is 3. The molecular formula is C13H16N2O. The van der Waals surface area contributed by atoms with Gasteiger partial charge < -0.3 is 10.3 Å². The number of nitrogens with zero attached hydrogens (tertiary/aromatic N) is 1. The number of rotatable bonds is 2. The van der Waals surface area contributed by atoms with E-state index in [-0.39, 0.29) is 0 Å². The summed E-state index contributed by atoms with van der Waals surface area (Å²) >= 11 is 0. The van der Waals surface area contributed by atoms with Gasteiger partial charge in [-0.05, 0) is 25.8 Å². The van der Waals surface area contributed by atoms with Gasteiger partial charge in [-0.2, -0.15) is 0 Å². The molecule has 2 aromatic rings. The summed E-state index contributed by atoms with van der Waals surface area (Å²) in [7, 11) is 0. The summed E-state index contributed by atoms with van der Waals surface area (Å²) in [5.74, 6) is 1.30. The molecule has 3 heteroatoms. The minimum absolute atomic E-state index is 0.498. The Balaban J connectivity index is 2.58. The molecule has 0 atom stereocenters. The number of aryl methyl sites for hydroxylation is 2. The minimum Gasteiger partial charge on any atom is -0.381 e. The normalized spacial score (nSPS) is 10.7. The van der Waals surface area contributed by atoms with Crippen LogP contribution in [0, 0.1) is 13.8 Å². The van der Waals surface area contributed by atoms with Crippen molar-refractivity contribution in [1.82, 2.24) is 5.16 Å². The molecule has 16 heavy (non-hydrogen) atoms. The predicted octanol–water partition coefficient (Wildman–Crippen LogP) is 3.10. The molecule has 84 valence electrons. The molecule has 1 aromatic carbocycles. The maximum Gasteiger partial charge on any atom is 0.172 e. The zero-order valence-corrected chi connectivity index (χ0v) is 9.87. The first-order chi connectivity index (χ1) is 7.63. The maximum absolute atomic E-state index is 5.76. The third-order valence-electron chi connectivity index (χ3n) is 2.80. The second-order valence-corrected chi connectivity index (χ2v) is 4.05. The standard InChI is InChI=1S/C13H16N2O/c1-4-10-12(16-15-13(10)14)11-6-5-8(2)7-9(11)3/h5-7H,4H2,1-3H3,(H2,14,15). The molecule has 1 aromatic heterocycles. The van der Waals surface area contributed by atoms with Crippen molar-refractivity contribution in [3.05, 3.63) is 34.9 Å². The van der Waals surface area contributed by atoms with Crippen molar-refractivity contribution in [2.75, 3.05) is 5.73 Å². The topological polar surface area (TPSA) is 52.0 Å². The Kier molecular flexibility index (Phi) is 2.69. The Labute approximate surface area is 95.3 Å². The van der Waals surface area contributed by atoms with Crippen molar-refractivity contribution in [3.8, 4) is 11.3 Å². The SMILES string of the molecule is CCc1c(N)noc1-c1ccc(C)cc1C. The number of hydrogen-bond donors (Lipinski definition) is 1. The average molecular weight is 216 g/mol. The van der Waals surface area contributed by atoms with Crippen LogP contribution in [0.2, 0.25) is 0 Å². The van der Waals surface area contributed by atoms with Crippen LogP contribution in [-0.4, -0.2) is 5.16 Å². The van der Waals surface area contributed by atoms with Crippen molar-refractivity contribution in [3.63, 3.8) is 0 Å². The second kappa shape index (κ2) is 4.00. The van der Waals surface area contributed by atoms with Crippen molar-refractivity contribution in [1.29, 1.82) is 0 Å². The summed E-state index contributed by atoms with van der Waals surface area (Å²) in [5, 5.41) is 3.83. The third-order valence-corrected chi connectivity index (χ3v) is 2.80. The lowest BCUT2D eigenvalue weighted by atomic mass is 10.0. The Morgan fingerprint density at radius 2 is 2.06 bits per heavy atom. The van der Waals surface area contributed by atoms with Gasteiger partial charge in [-0.15, -0.1) is 0 Å². The number of anilines is 1. The largest absolute Gasteiger partial charge is 0.381 e. The predicted molar refractivity (Wildman–Crippen MR) is 65.2 cm³/mol. The molecule has 2 N–H and O–H groups in total.